The molecule has 1 aliphatic heterocycles. The number of anilines is 1. The number of aromatic nitrogens is 2. The molecule has 1 fully saturated rings. The highest BCUT2D eigenvalue weighted by molar-refractivity contribution is 5.31. The molecule has 0 radical (unpaired) electrons. The van der Waals surface area contributed by atoms with E-state index >= 15 is 0 Å². The molecule has 18 heavy (non-hydrogen) atoms. The Balaban J connectivity index is 2.06. The van der Waals surface area contributed by atoms with Crippen molar-refractivity contribution in [1.82, 2.24) is 9.55 Å². The maximum atomic E-state index is 5.37. The molecule has 5 heteroatoms. The fourth-order valence-electron chi connectivity index (χ4n) is 2.30. The summed E-state index contributed by atoms with van der Waals surface area (Å²) in [6.45, 7) is 6.53. The van der Waals surface area contributed by atoms with Crippen molar-refractivity contribution in [2.75, 3.05) is 32.2 Å². The van der Waals surface area contributed by atoms with Crippen LogP contribution >= 0.6 is 0 Å². The SMILES string of the molecule is COCC(C)n1cc(C)nc1NC1CCOCC1. The Labute approximate surface area is 108 Å². The van der Waals surface area contributed by atoms with Gasteiger partial charge in [-0.3, -0.25) is 0 Å². The average Bonchev–Trinajstić information content (AvgIpc) is 2.72. The fourth-order valence-corrected chi connectivity index (χ4v) is 2.30. The summed E-state index contributed by atoms with van der Waals surface area (Å²) >= 11 is 0. The first kappa shape index (κ1) is 13.4. The molecule has 1 N–H and O–H groups in total. The molecule has 5 nitrogen and oxygen atoms in total. The summed E-state index contributed by atoms with van der Waals surface area (Å²) in [4.78, 5) is 4.56. The number of methoxy groups -OCH3 is 1. The van der Waals surface area contributed by atoms with Gasteiger partial charge in [-0.15, -0.1) is 0 Å². The minimum absolute atomic E-state index is 0.290. The molecule has 0 amide bonds. The molecule has 1 saturated heterocycles. The zero-order chi connectivity index (χ0) is 13.0. The molecule has 0 bridgehead atoms. The predicted molar refractivity (Wildman–Crippen MR) is 71.0 cm³/mol. The molecule has 1 aromatic heterocycles. The Morgan fingerprint density at radius 3 is 2.94 bits per heavy atom. The van der Waals surface area contributed by atoms with Crippen molar-refractivity contribution in [1.29, 1.82) is 0 Å². The number of aryl methyl sites for hydroxylation is 1. The number of imidazole rings is 1. The van der Waals surface area contributed by atoms with Gasteiger partial charge >= 0.3 is 0 Å². The van der Waals surface area contributed by atoms with Gasteiger partial charge < -0.3 is 19.4 Å². The molecule has 1 atom stereocenters. The van der Waals surface area contributed by atoms with Crippen molar-refractivity contribution in [3.8, 4) is 0 Å². The van der Waals surface area contributed by atoms with E-state index in [9.17, 15) is 0 Å². The van der Waals surface area contributed by atoms with E-state index in [1.807, 2.05) is 6.92 Å². The summed E-state index contributed by atoms with van der Waals surface area (Å²) < 4.78 is 12.7. The minimum Gasteiger partial charge on any atom is -0.383 e. The molecule has 1 aromatic rings. The molecule has 0 aliphatic carbocycles. The third kappa shape index (κ3) is 3.23. The lowest BCUT2D eigenvalue weighted by Gasteiger charge is -2.25. The van der Waals surface area contributed by atoms with Crippen LogP contribution in [0.15, 0.2) is 6.20 Å². The summed E-state index contributed by atoms with van der Waals surface area (Å²) in [6.07, 6.45) is 4.17. The fraction of sp³-hybridized carbons (Fsp3) is 0.769. The summed E-state index contributed by atoms with van der Waals surface area (Å²) in [5.74, 6) is 0.948. The zero-order valence-electron chi connectivity index (χ0n) is 11.5. The highest BCUT2D eigenvalue weighted by atomic mass is 16.5. The van der Waals surface area contributed by atoms with E-state index in [0.717, 1.165) is 37.7 Å². The van der Waals surface area contributed by atoms with E-state index in [2.05, 4.69) is 28.0 Å². The highest BCUT2D eigenvalue weighted by Crippen LogP contribution is 2.19. The van der Waals surface area contributed by atoms with Gasteiger partial charge in [0.2, 0.25) is 5.95 Å². The first-order chi connectivity index (χ1) is 8.70. The van der Waals surface area contributed by atoms with Crippen LogP contribution in [0.3, 0.4) is 0 Å². The van der Waals surface area contributed by atoms with Crippen LogP contribution in [0.1, 0.15) is 31.5 Å². The molecule has 0 spiro atoms. The molecule has 0 saturated carbocycles. The van der Waals surface area contributed by atoms with Crippen molar-refractivity contribution in [2.24, 2.45) is 0 Å². The Bertz CT molecular complexity index is 372. The minimum atomic E-state index is 0.290. The summed E-state index contributed by atoms with van der Waals surface area (Å²) in [7, 11) is 1.73. The molecule has 2 heterocycles. The standard InChI is InChI=1S/C13H23N3O2/c1-10-8-16(11(2)9-17-3)13(14-10)15-12-4-6-18-7-5-12/h8,11-12H,4-7,9H2,1-3H3,(H,14,15). The van der Waals surface area contributed by atoms with Gasteiger partial charge in [0.15, 0.2) is 0 Å². The van der Waals surface area contributed by atoms with Gasteiger partial charge in [-0.25, -0.2) is 4.98 Å². The number of rotatable bonds is 5. The smallest absolute Gasteiger partial charge is 0.203 e. The quantitative estimate of drug-likeness (QED) is 0.872. The van der Waals surface area contributed by atoms with Crippen LogP contribution in [-0.4, -0.2) is 42.5 Å². The van der Waals surface area contributed by atoms with E-state index in [1.54, 1.807) is 7.11 Å². The molecule has 0 aromatic carbocycles. The van der Waals surface area contributed by atoms with E-state index in [0.29, 0.717) is 18.7 Å². The van der Waals surface area contributed by atoms with Crippen molar-refractivity contribution >= 4 is 5.95 Å². The second-order valence-electron chi connectivity index (χ2n) is 4.95. The van der Waals surface area contributed by atoms with Crippen LogP contribution in [0.2, 0.25) is 0 Å². The number of nitrogens with one attached hydrogen (secondary N) is 1. The number of hydrogen-bond donors (Lipinski definition) is 1. The largest absolute Gasteiger partial charge is 0.383 e. The van der Waals surface area contributed by atoms with Crippen LogP contribution < -0.4 is 5.32 Å². The maximum Gasteiger partial charge on any atom is 0.203 e. The monoisotopic (exact) mass is 253 g/mol. The van der Waals surface area contributed by atoms with Crippen LogP contribution in [0.25, 0.3) is 0 Å². The third-order valence-corrected chi connectivity index (χ3v) is 3.29. The number of hydrogen-bond acceptors (Lipinski definition) is 4. The lowest BCUT2D eigenvalue weighted by Crippen LogP contribution is -2.29. The first-order valence-electron chi connectivity index (χ1n) is 6.59. The average molecular weight is 253 g/mol. The van der Waals surface area contributed by atoms with E-state index < -0.39 is 0 Å². The van der Waals surface area contributed by atoms with E-state index in [-0.39, 0.29) is 0 Å². The zero-order valence-corrected chi connectivity index (χ0v) is 11.5. The van der Waals surface area contributed by atoms with Gasteiger partial charge in [0, 0.05) is 32.6 Å². The van der Waals surface area contributed by atoms with Gasteiger partial charge in [-0.2, -0.15) is 0 Å². The van der Waals surface area contributed by atoms with Gasteiger partial charge in [0.1, 0.15) is 0 Å². The van der Waals surface area contributed by atoms with Crippen LogP contribution in [0, 0.1) is 6.92 Å². The number of nitrogens with zero attached hydrogens (tertiary/aromatic N) is 2. The highest BCUT2D eigenvalue weighted by Gasteiger charge is 2.18. The Morgan fingerprint density at radius 2 is 2.28 bits per heavy atom. The van der Waals surface area contributed by atoms with Crippen molar-refractivity contribution in [3.63, 3.8) is 0 Å². The molecule has 102 valence electrons. The van der Waals surface area contributed by atoms with Crippen molar-refractivity contribution in [2.45, 2.75) is 38.8 Å². The van der Waals surface area contributed by atoms with Gasteiger partial charge in [0.05, 0.1) is 18.3 Å². The molecular formula is C13H23N3O2. The van der Waals surface area contributed by atoms with E-state index in [1.165, 1.54) is 0 Å². The molecule has 2 rings (SSSR count). The molecule has 1 unspecified atom stereocenters. The van der Waals surface area contributed by atoms with Gasteiger partial charge in [-0.05, 0) is 26.7 Å². The topological polar surface area (TPSA) is 48.3 Å². The van der Waals surface area contributed by atoms with Gasteiger partial charge in [0.25, 0.3) is 0 Å². The molecular weight excluding hydrogens is 230 g/mol. The van der Waals surface area contributed by atoms with Crippen LogP contribution in [-0.2, 0) is 9.47 Å². The second-order valence-corrected chi connectivity index (χ2v) is 4.95. The lowest BCUT2D eigenvalue weighted by molar-refractivity contribution is 0.0901. The predicted octanol–water partition coefficient (Wildman–Crippen LogP) is 1.99. The lowest BCUT2D eigenvalue weighted by atomic mass is 10.1. The normalized spacial score (nSPS) is 18.8. The third-order valence-electron chi connectivity index (χ3n) is 3.29. The van der Waals surface area contributed by atoms with Crippen molar-refractivity contribution < 1.29 is 9.47 Å². The number of ether oxygens (including phenoxy) is 2. The first-order valence-corrected chi connectivity index (χ1v) is 6.59. The summed E-state index contributed by atoms with van der Waals surface area (Å²) in [6, 6.07) is 0.757. The Kier molecular flexibility index (Phi) is 4.60. The maximum absolute atomic E-state index is 5.37. The second kappa shape index (κ2) is 6.20. The van der Waals surface area contributed by atoms with Gasteiger partial charge in [-0.1, -0.05) is 0 Å². The Hall–Kier alpha value is -1.07. The van der Waals surface area contributed by atoms with Crippen molar-refractivity contribution in [3.05, 3.63) is 11.9 Å². The van der Waals surface area contributed by atoms with Crippen LogP contribution in [0.5, 0.6) is 0 Å². The summed E-state index contributed by atoms with van der Waals surface area (Å²) in [5.41, 5.74) is 1.03. The Morgan fingerprint density at radius 1 is 1.56 bits per heavy atom. The van der Waals surface area contributed by atoms with Crippen LogP contribution in [0.4, 0.5) is 5.95 Å². The summed E-state index contributed by atoms with van der Waals surface area (Å²) in [5, 5.41) is 3.53. The van der Waals surface area contributed by atoms with E-state index in [4.69, 9.17) is 9.47 Å². The molecule has 1 aliphatic rings.